The van der Waals surface area contributed by atoms with Gasteiger partial charge in [-0.1, -0.05) is 12.1 Å². The minimum Gasteiger partial charge on any atom is -0.489 e. The molecule has 0 aliphatic carbocycles. The van der Waals surface area contributed by atoms with Gasteiger partial charge in [0.25, 0.3) is 0 Å². The molecule has 88 valence electrons. The van der Waals surface area contributed by atoms with Crippen molar-refractivity contribution in [1.82, 2.24) is 4.98 Å². The molecule has 0 saturated carbocycles. The van der Waals surface area contributed by atoms with Gasteiger partial charge in [-0.25, -0.2) is 4.98 Å². The number of aliphatic hydroxyl groups excluding tert-OH is 1. The fraction of sp³-hybridized carbons (Fsp3) is 0.154. The highest BCUT2D eigenvalue weighted by Crippen LogP contribution is 2.15. The minimum atomic E-state index is 0.0133. The van der Waals surface area contributed by atoms with Crippen LogP contribution >= 0.6 is 0 Å². The lowest BCUT2D eigenvalue weighted by atomic mass is 10.2. The number of ether oxygens (including phenoxy) is 1. The third-order valence-electron chi connectivity index (χ3n) is 2.33. The quantitative estimate of drug-likeness (QED) is 0.839. The molecule has 1 aromatic carbocycles. The van der Waals surface area contributed by atoms with Crippen molar-refractivity contribution in [2.75, 3.05) is 5.73 Å². The van der Waals surface area contributed by atoms with Gasteiger partial charge in [0.05, 0.1) is 6.61 Å². The first-order valence-electron chi connectivity index (χ1n) is 5.31. The number of hydrogen-bond acceptors (Lipinski definition) is 4. The molecule has 0 radical (unpaired) electrons. The van der Waals surface area contributed by atoms with Gasteiger partial charge >= 0.3 is 0 Å². The molecule has 1 aromatic heterocycles. The molecule has 3 N–H and O–H groups in total. The molecule has 0 fully saturated rings. The van der Waals surface area contributed by atoms with Gasteiger partial charge in [0.1, 0.15) is 18.2 Å². The number of anilines is 1. The van der Waals surface area contributed by atoms with Gasteiger partial charge in [-0.15, -0.1) is 0 Å². The van der Waals surface area contributed by atoms with Gasteiger partial charge in [-0.05, 0) is 35.4 Å². The van der Waals surface area contributed by atoms with E-state index in [0.29, 0.717) is 12.4 Å². The van der Waals surface area contributed by atoms with Crippen molar-refractivity contribution < 1.29 is 9.84 Å². The highest BCUT2D eigenvalue weighted by molar-refractivity contribution is 5.32. The molecule has 2 aromatic rings. The van der Waals surface area contributed by atoms with Gasteiger partial charge in [0.15, 0.2) is 0 Å². The lowest BCUT2D eigenvalue weighted by molar-refractivity contribution is 0.278. The molecule has 0 aliphatic heterocycles. The molecule has 4 nitrogen and oxygen atoms in total. The van der Waals surface area contributed by atoms with Crippen LogP contribution in [0.3, 0.4) is 0 Å². The fourth-order valence-corrected chi connectivity index (χ4v) is 1.48. The Morgan fingerprint density at radius 2 is 2.06 bits per heavy atom. The maximum Gasteiger partial charge on any atom is 0.123 e. The molecule has 0 saturated heterocycles. The number of nitrogens with two attached hydrogens (primary N) is 1. The molecule has 4 heteroatoms. The van der Waals surface area contributed by atoms with Crippen LogP contribution in [0, 0.1) is 0 Å². The predicted octanol–water partition coefficient (Wildman–Crippen LogP) is 1.74. The second kappa shape index (κ2) is 5.32. The normalized spacial score (nSPS) is 10.2. The van der Waals surface area contributed by atoms with Crippen molar-refractivity contribution in [3.05, 3.63) is 53.7 Å². The van der Waals surface area contributed by atoms with Gasteiger partial charge in [-0.2, -0.15) is 0 Å². The van der Waals surface area contributed by atoms with E-state index in [1.54, 1.807) is 12.3 Å². The third-order valence-corrected chi connectivity index (χ3v) is 2.33. The van der Waals surface area contributed by atoms with Crippen LogP contribution in [0.4, 0.5) is 5.82 Å². The number of hydrogen-bond donors (Lipinski definition) is 2. The van der Waals surface area contributed by atoms with Gasteiger partial charge < -0.3 is 15.6 Å². The molecule has 0 bridgehead atoms. The molecule has 0 aliphatic rings. The van der Waals surface area contributed by atoms with Crippen LogP contribution in [0.1, 0.15) is 11.1 Å². The molecule has 0 spiro atoms. The predicted molar refractivity (Wildman–Crippen MR) is 65.3 cm³/mol. The fourth-order valence-electron chi connectivity index (χ4n) is 1.48. The Balaban J connectivity index is 2.02. The molecule has 0 amide bonds. The third kappa shape index (κ3) is 3.19. The van der Waals surface area contributed by atoms with Crippen LogP contribution in [-0.2, 0) is 13.2 Å². The summed E-state index contributed by atoms with van der Waals surface area (Å²) < 4.78 is 5.60. The standard InChI is InChI=1S/C13H14N2O2/c14-13-7-11(4-5-15-13)9-17-12-3-1-2-10(6-12)8-16/h1-7,16H,8-9H2,(H2,14,15). The first-order chi connectivity index (χ1) is 8.28. The first kappa shape index (κ1) is 11.4. The molecule has 17 heavy (non-hydrogen) atoms. The van der Waals surface area contributed by atoms with Gasteiger partial charge in [0, 0.05) is 6.20 Å². The maximum atomic E-state index is 9.00. The lowest BCUT2D eigenvalue weighted by Gasteiger charge is -2.07. The average Bonchev–Trinajstić information content (AvgIpc) is 2.37. The summed E-state index contributed by atoms with van der Waals surface area (Å²) in [5.74, 6) is 1.21. The topological polar surface area (TPSA) is 68.4 Å². The van der Waals surface area contributed by atoms with Crippen molar-refractivity contribution in [3.8, 4) is 5.75 Å². The smallest absolute Gasteiger partial charge is 0.123 e. The van der Waals surface area contributed by atoms with Crippen molar-refractivity contribution in [2.45, 2.75) is 13.2 Å². The summed E-state index contributed by atoms with van der Waals surface area (Å²) in [6.07, 6.45) is 1.65. The second-order valence-electron chi connectivity index (χ2n) is 3.68. The zero-order valence-electron chi connectivity index (χ0n) is 9.34. The van der Waals surface area contributed by atoms with Crippen molar-refractivity contribution in [2.24, 2.45) is 0 Å². The number of aromatic nitrogens is 1. The van der Waals surface area contributed by atoms with Gasteiger partial charge in [-0.3, -0.25) is 0 Å². The number of nitrogens with zero attached hydrogens (tertiary/aromatic N) is 1. The largest absolute Gasteiger partial charge is 0.489 e. The molecule has 1 heterocycles. The van der Waals surface area contributed by atoms with E-state index in [-0.39, 0.29) is 6.61 Å². The van der Waals surface area contributed by atoms with Crippen LogP contribution in [0.2, 0.25) is 0 Å². The van der Waals surface area contributed by atoms with Crippen LogP contribution < -0.4 is 10.5 Å². The number of aliphatic hydroxyl groups is 1. The summed E-state index contributed by atoms with van der Waals surface area (Å²) in [7, 11) is 0. The summed E-state index contributed by atoms with van der Waals surface area (Å²) in [4.78, 5) is 3.91. The molecular formula is C13H14N2O2. The van der Waals surface area contributed by atoms with Crippen molar-refractivity contribution in [3.63, 3.8) is 0 Å². The van der Waals surface area contributed by atoms with E-state index in [1.165, 1.54) is 0 Å². The number of nitrogen functional groups attached to an aromatic ring is 1. The Hall–Kier alpha value is -2.07. The van der Waals surface area contributed by atoms with Crippen LogP contribution in [-0.4, -0.2) is 10.1 Å². The Kier molecular flexibility index (Phi) is 3.57. The molecular weight excluding hydrogens is 216 g/mol. The van der Waals surface area contributed by atoms with Crippen molar-refractivity contribution in [1.29, 1.82) is 0 Å². The van der Waals surface area contributed by atoms with Crippen LogP contribution in [0.15, 0.2) is 42.6 Å². The van der Waals surface area contributed by atoms with Crippen molar-refractivity contribution >= 4 is 5.82 Å². The lowest BCUT2D eigenvalue weighted by Crippen LogP contribution is -1.98. The maximum absolute atomic E-state index is 9.00. The highest BCUT2D eigenvalue weighted by atomic mass is 16.5. The zero-order chi connectivity index (χ0) is 12.1. The summed E-state index contributed by atoms with van der Waals surface area (Å²) in [5, 5.41) is 9.00. The monoisotopic (exact) mass is 230 g/mol. The van der Waals surface area contributed by atoms with Gasteiger partial charge in [0.2, 0.25) is 0 Å². The SMILES string of the molecule is Nc1cc(COc2cccc(CO)c2)ccn1. The molecule has 0 atom stereocenters. The Labute approximate surface area is 99.7 Å². The number of rotatable bonds is 4. The summed E-state index contributed by atoms with van der Waals surface area (Å²) in [5.41, 5.74) is 7.37. The van der Waals surface area contributed by atoms with E-state index >= 15 is 0 Å². The van der Waals surface area contributed by atoms with E-state index in [4.69, 9.17) is 15.6 Å². The Morgan fingerprint density at radius 1 is 1.18 bits per heavy atom. The Morgan fingerprint density at radius 3 is 2.82 bits per heavy atom. The van der Waals surface area contributed by atoms with Crippen LogP contribution in [0.5, 0.6) is 5.75 Å². The summed E-state index contributed by atoms with van der Waals surface area (Å²) in [6, 6.07) is 11.0. The number of benzene rings is 1. The van der Waals surface area contributed by atoms with E-state index in [2.05, 4.69) is 4.98 Å². The molecule has 0 unspecified atom stereocenters. The van der Waals surface area contributed by atoms with E-state index in [0.717, 1.165) is 16.9 Å². The average molecular weight is 230 g/mol. The number of pyridine rings is 1. The zero-order valence-corrected chi connectivity index (χ0v) is 9.34. The van der Waals surface area contributed by atoms with Crippen LogP contribution in [0.25, 0.3) is 0 Å². The minimum absolute atomic E-state index is 0.0133. The second-order valence-corrected chi connectivity index (χ2v) is 3.68. The van der Waals surface area contributed by atoms with E-state index in [1.807, 2.05) is 30.3 Å². The van der Waals surface area contributed by atoms with E-state index in [9.17, 15) is 0 Å². The summed E-state index contributed by atoms with van der Waals surface area (Å²) in [6.45, 7) is 0.445. The Bertz CT molecular complexity index is 500. The molecule has 2 rings (SSSR count). The summed E-state index contributed by atoms with van der Waals surface area (Å²) >= 11 is 0. The first-order valence-corrected chi connectivity index (χ1v) is 5.31. The van der Waals surface area contributed by atoms with E-state index < -0.39 is 0 Å². The highest BCUT2D eigenvalue weighted by Gasteiger charge is 1.98.